The second-order valence-corrected chi connectivity index (χ2v) is 7.63. The maximum atomic E-state index is 12.8. The van der Waals surface area contributed by atoms with Crippen LogP contribution < -0.4 is 15.0 Å². The Balaban J connectivity index is 1.58. The fourth-order valence-corrected chi connectivity index (χ4v) is 3.46. The molecular weight excluding hydrogens is 374 g/mol. The summed E-state index contributed by atoms with van der Waals surface area (Å²) < 4.78 is 5.87. The molecule has 2 amide bonds. The predicted octanol–water partition coefficient (Wildman–Crippen LogP) is 5.03. The molecule has 0 unspecified atom stereocenters. The van der Waals surface area contributed by atoms with Crippen molar-refractivity contribution in [3.8, 4) is 5.75 Å². The summed E-state index contributed by atoms with van der Waals surface area (Å²) in [5.74, 6) is 0.832. The molecule has 3 rings (SSSR count). The van der Waals surface area contributed by atoms with Crippen molar-refractivity contribution in [3.05, 3.63) is 78.4 Å². The number of ether oxygens (including phenoxy) is 1. The van der Waals surface area contributed by atoms with Crippen LogP contribution in [0.15, 0.2) is 67.3 Å². The zero-order valence-electron chi connectivity index (χ0n) is 17.9. The van der Waals surface area contributed by atoms with Crippen molar-refractivity contribution in [2.24, 2.45) is 0 Å². The Morgan fingerprint density at radius 2 is 2.00 bits per heavy atom. The number of carbonyl (C=O) groups is 1. The average molecular weight is 406 g/mol. The summed E-state index contributed by atoms with van der Waals surface area (Å²) in [7, 11) is 2.05. The minimum absolute atomic E-state index is 0.0972. The normalized spacial score (nSPS) is 13.4. The first kappa shape index (κ1) is 21.7. The summed E-state index contributed by atoms with van der Waals surface area (Å²) in [6.45, 7) is 8.74. The van der Waals surface area contributed by atoms with Gasteiger partial charge in [-0.3, -0.25) is 9.80 Å². The summed E-state index contributed by atoms with van der Waals surface area (Å²) in [6.07, 6.45) is 7.90. The van der Waals surface area contributed by atoms with Crippen LogP contribution in [0.1, 0.15) is 17.5 Å². The second kappa shape index (κ2) is 10.6. The standard InChI is InChI=1S/C25H31N3O2/c1-4-15-27(3)16-5-6-18-30-23-13-14-24-21(19-23)8-7-17-28(24)25(29)26-22-11-9-20(2)10-12-22/h4-6,9-14,19H,1,7-8,15-18H2,2-3H3,(H,26,29). The van der Waals surface area contributed by atoms with E-state index in [0.717, 1.165) is 48.6 Å². The van der Waals surface area contributed by atoms with E-state index in [1.807, 2.05) is 60.4 Å². The number of fused-ring (bicyclic) bond motifs is 1. The summed E-state index contributed by atoms with van der Waals surface area (Å²) in [6, 6.07) is 13.7. The highest BCUT2D eigenvalue weighted by Gasteiger charge is 2.23. The van der Waals surface area contributed by atoms with E-state index in [2.05, 4.69) is 36.0 Å². The van der Waals surface area contributed by atoms with Crippen molar-refractivity contribution < 1.29 is 9.53 Å². The maximum absolute atomic E-state index is 12.8. The Morgan fingerprint density at radius 1 is 1.20 bits per heavy atom. The Morgan fingerprint density at radius 3 is 2.77 bits per heavy atom. The molecule has 2 aromatic rings. The van der Waals surface area contributed by atoms with Gasteiger partial charge in [-0.25, -0.2) is 4.79 Å². The fourth-order valence-electron chi connectivity index (χ4n) is 3.46. The van der Waals surface area contributed by atoms with Crippen LogP contribution in [0.25, 0.3) is 0 Å². The summed E-state index contributed by atoms with van der Waals surface area (Å²) in [5.41, 5.74) is 4.08. The number of likely N-dealkylation sites (N-methyl/N-ethyl adjacent to an activating group) is 1. The van der Waals surface area contributed by atoms with Crippen molar-refractivity contribution in [2.75, 3.05) is 43.5 Å². The van der Waals surface area contributed by atoms with E-state index in [9.17, 15) is 4.79 Å². The van der Waals surface area contributed by atoms with E-state index in [4.69, 9.17) is 4.74 Å². The van der Waals surface area contributed by atoms with E-state index in [1.54, 1.807) is 0 Å². The molecule has 0 saturated carbocycles. The number of anilines is 2. The molecule has 0 atom stereocenters. The highest BCUT2D eigenvalue weighted by Crippen LogP contribution is 2.31. The van der Waals surface area contributed by atoms with Crippen LogP contribution in [-0.2, 0) is 6.42 Å². The van der Waals surface area contributed by atoms with Gasteiger partial charge in [0, 0.05) is 31.0 Å². The molecule has 0 aliphatic carbocycles. The van der Waals surface area contributed by atoms with Crippen LogP contribution in [0.2, 0.25) is 0 Å². The predicted molar refractivity (Wildman–Crippen MR) is 125 cm³/mol. The molecule has 1 aliphatic heterocycles. The molecule has 5 nitrogen and oxygen atoms in total. The number of nitrogens with zero attached hydrogens (tertiary/aromatic N) is 2. The van der Waals surface area contributed by atoms with E-state index in [-0.39, 0.29) is 6.03 Å². The highest BCUT2D eigenvalue weighted by molar-refractivity contribution is 6.02. The van der Waals surface area contributed by atoms with E-state index < -0.39 is 0 Å². The number of nitrogens with one attached hydrogen (secondary N) is 1. The lowest BCUT2D eigenvalue weighted by Crippen LogP contribution is -2.38. The topological polar surface area (TPSA) is 44.8 Å². The summed E-state index contributed by atoms with van der Waals surface area (Å²) in [5, 5.41) is 3.00. The van der Waals surface area contributed by atoms with Crippen molar-refractivity contribution in [2.45, 2.75) is 19.8 Å². The molecule has 158 valence electrons. The molecule has 0 radical (unpaired) electrons. The van der Waals surface area contributed by atoms with Gasteiger partial charge in [0.15, 0.2) is 0 Å². The molecule has 0 saturated heterocycles. The number of aryl methyl sites for hydroxylation is 2. The first-order valence-corrected chi connectivity index (χ1v) is 10.4. The first-order valence-electron chi connectivity index (χ1n) is 10.4. The number of benzene rings is 2. The van der Waals surface area contributed by atoms with Crippen LogP contribution in [-0.4, -0.2) is 44.2 Å². The van der Waals surface area contributed by atoms with Gasteiger partial charge in [-0.1, -0.05) is 35.9 Å². The van der Waals surface area contributed by atoms with Gasteiger partial charge in [-0.05, 0) is 62.7 Å². The van der Waals surface area contributed by atoms with Gasteiger partial charge in [-0.15, -0.1) is 6.58 Å². The lowest BCUT2D eigenvalue weighted by molar-refractivity contribution is 0.256. The van der Waals surface area contributed by atoms with E-state index >= 15 is 0 Å². The van der Waals surface area contributed by atoms with Crippen LogP contribution >= 0.6 is 0 Å². The van der Waals surface area contributed by atoms with E-state index in [1.165, 1.54) is 5.56 Å². The van der Waals surface area contributed by atoms with Crippen molar-refractivity contribution >= 4 is 17.4 Å². The minimum Gasteiger partial charge on any atom is -0.490 e. The van der Waals surface area contributed by atoms with Gasteiger partial charge in [0.25, 0.3) is 0 Å². The number of hydrogen-bond acceptors (Lipinski definition) is 3. The zero-order chi connectivity index (χ0) is 21.3. The molecule has 0 aromatic heterocycles. The maximum Gasteiger partial charge on any atom is 0.326 e. The van der Waals surface area contributed by atoms with Crippen LogP contribution in [0.5, 0.6) is 5.75 Å². The fraction of sp³-hybridized carbons (Fsp3) is 0.320. The average Bonchev–Trinajstić information content (AvgIpc) is 2.74. The third-order valence-electron chi connectivity index (χ3n) is 5.09. The van der Waals surface area contributed by atoms with Gasteiger partial charge in [0.1, 0.15) is 12.4 Å². The summed E-state index contributed by atoms with van der Waals surface area (Å²) >= 11 is 0. The minimum atomic E-state index is -0.0972. The van der Waals surface area contributed by atoms with Crippen LogP contribution in [0, 0.1) is 6.92 Å². The van der Waals surface area contributed by atoms with Gasteiger partial charge in [-0.2, -0.15) is 0 Å². The van der Waals surface area contributed by atoms with Crippen LogP contribution in [0.4, 0.5) is 16.2 Å². The van der Waals surface area contributed by atoms with Gasteiger partial charge in [0.05, 0.1) is 0 Å². The lowest BCUT2D eigenvalue weighted by Gasteiger charge is -2.30. The van der Waals surface area contributed by atoms with Gasteiger partial charge in [0.2, 0.25) is 0 Å². The molecule has 5 heteroatoms. The molecule has 0 fully saturated rings. The molecular formula is C25H31N3O2. The quantitative estimate of drug-likeness (QED) is 0.626. The van der Waals surface area contributed by atoms with Gasteiger partial charge < -0.3 is 10.1 Å². The molecule has 1 aliphatic rings. The highest BCUT2D eigenvalue weighted by atomic mass is 16.5. The number of rotatable bonds is 8. The van der Waals surface area contributed by atoms with E-state index in [0.29, 0.717) is 13.2 Å². The van der Waals surface area contributed by atoms with Crippen molar-refractivity contribution in [1.82, 2.24) is 4.90 Å². The van der Waals surface area contributed by atoms with Crippen molar-refractivity contribution in [1.29, 1.82) is 0 Å². The molecule has 0 bridgehead atoms. The molecule has 2 aromatic carbocycles. The lowest BCUT2D eigenvalue weighted by atomic mass is 10.0. The van der Waals surface area contributed by atoms with Crippen molar-refractivity contribution in [3.63, 3.8) is 0 Å². The molecule has 1 N–H and O–H groups in total. The number of carbonyl (C=O) groups excluding carboxylic acids is 1. The Kier molecular flexibility index (Phi) is 7.69. The SMILES string of the molecule is C=CCN(C)CC=CCOc1ccc2c(c1)CCCN2C(=O)Nc1ccc(C)cc1. The van der Waals surface area contributed by atoms with Crippen LogP contribution in [0.3, 0.4) is 0 Å². The third kappa shape index (κ3) is 5.97. The zero-order valence-corrected chi connectivity index (χ0v) is 17.9. The van der Waals surface area contributed by atoms with Gasteiger partial charge >= 0.3 is 6.03 Å². The second-order valence-electron chi connectivity index (χ2n) is 7.63. The number of urea groups is 1. The molecule has 1 heterocycles. The number of amides is 2. The smallest absolute Gasteiger partial charge is 0.326 e. The third-order valence-corrected chi connectivity index (χ3v) is 5.09. The monoisotopic (exact) mass is 405 g/mol. The Hall–Kier alpha value is -3.05. The Bertz CT molecular complexity index is 890. The summed E-state index contributed by atoms with van der Waals surface area (Å²) in [4.78, 5) is 16.8. The molecule has 0 spiro atoms. The molecule has 30 heavy (non-hydrogen) atoms. The Labute approximate surface area is 179 Å². The first-order chi connectivity index (χ1) is 14.6. The largest absolute Gasteiger partial charge is 0.490 e. The number of hydrogen-bond donors (Lipinski definition) is 1.